The molecule has 3 rings (SSSR count). The summed E-state index contributed by atoms with van der Waals surface area (Å²) >= 11 is -2.64. The summed E-state index contributed by atoms with van der Waals surface area (Å²) in [5.41, 5.74) is 4.04. The minimum Gasteiger partial charge on any atom is -0.768 e. The van der Waals surface area contributed by atoms with Gasteiger partial charge < -0.3 is 24.7 Å². The number of nitrogens with one attached hydrogen (secondary N) is 2. The summed E-state index contributed by atoms with van der Waals surface area (Å²) in [5, 5.41) is 5.16. The fourth-order valence-corrected chi connectivity index (χ4v) is 3.89. The normalized spacial score (nSPS) is 11.1. The zero-order valence-corrected chi connectivity index (χ0v) is 23.8. The molecule has 3 aromatic carbocycles. The molecule has 0 bridgehead atoms. The van der Waals surface area contributed by atoms with Gasteiger partial charge in [-0.15, -0.1) is 0 Å². The van der Waals surface area contributed by atoms with E-state index in [9.17, 15) is 18.4 Å². The van der Waals surface area contributed by atoms with Gasteiger partial charge >= 0.3 is 29.6 Å². The summed E-state index contributed by atoms with van der Waals surface area (Å²) in [6.07, 6.45) is 0. The third-order valence-electron chi connectivity index (χ3n) is 5.21. The van der Waals surface area contributed by atoms with Crippen molar-refractivity contribution in [2.24, 2.45) is 0 Å². The molecule has 184 valence electrons. The van der Waals surface area contributed by atoms with Crippen molar-refractivity contribution >= 4 is 22.9 Å². The van der Waals surface area contributed by atoms with Crippen LogP contribution in [0.4, 0.5) is 0 Å². The molecule has 0 aliphatic rings. The van der Waals surface area contributed by atoms with E-state index in [4.69, 9.17) is 9.47 Å². The molecule has 10 heteroatoms. The molecule has 2 amide bonds. The number of carbonyl (C=O) groups excluding carboxylic acids is 2. The van der Waals surface area contributed by atoms with Gasteiger partial charge in [-0.2, -0.15) is 0 Å². The molecular weight excluding hydrogens is 491 g/mol. The summed E-state index contributed by atoms with van der Waals surface area (Å²) in [6, 6.07) is 15.0. The van der Waals surface area contributed by atoms with Crippen LogP contribution in [0.2, 0.25) is 0 Å². The number of aryl methyl sites for hydroxylation is 4. The van der Waals surface area contributed by atoms with Gasteiger partial charge in [0.05, 0.1) is 0 Å². The van der Waals surface area contributed by atoms with Crippen molar-refractivity contribution < 1.29 is 57.4 Å². The number of amides is 2. The van der Waals surface area contributed by atoms with Crippen LogP contribution in [0.1, 0.15) is 43.0 Å². The number of ether oxygens (including phenoxy) is 2. The van der Waals surface area contributed by atoms with Crippen molar-refractivity contribution in [2.75, 3.05) is 13.5 Å². The molecule has 0 saturated carbocycles. The first kappa shape index (κ1) is 29.5. The van der Waals surface area contributed by atoms with E-state index in [1.54, 1.807) is 12.1 Å². The molecule has 0 heterocycles. The van der Waals surface area contributed by atoms with Crippen LogP contribution < -0.4 is 49.7 Å². The van der Waals surface area contributed by atoms with Crippen molar-refractivity contribution in [3.63, 3.8) is 0 Å². The molecule has 3 aromatic rings. The van der Waals surface area contributed by atoms with Crippen molar-refractivity contribution in [2.45, 2.75) is 32.6 Å². The average Bonchev–Trinajstić information content (AvgIpc) is 2.81. The molecule has 0 saturated heterocycles. The van der Waals surface area contributed by atoms with Crippen molar-refractivity contribution in [1.29, 1.82) is 0 Å². The number of benzene rings is 3. The van der Waals surface area contributed by atoms with E-state index < -0.39 is 22.9 Å². The first-order valence-corrected chi connectivity index (χ1v) is 11.9. The fraction of sp³-hybridized carbons (Fsp3) is 0.231. The first-order chi connectivity index (χ1) is 16.6. The summed E-state index contributed by atoms with van der Waals surface area (Å²) in [7, 11) is 0. The van der Waals surface area contributed by atoms with Gasteiger partial charge in [0.25, 0.3) is 11.8 Å². The Morgan fingerprint density at radius 1 is 0.750 bits per heavy atom. The van der Waals surface area contributed by atoms with Crippen LogP contribution in [0, 0.1) is 27.7 Å². The van der Waals surface area contributed by atoms with E-state index in [1.165, 1.54) is 18.2 Å². The van der Waals surface area contributed by atoms with Crippen LogP contribution in [0.25, 0.3) is 0 Å². The standard InChI is InChI=1S/C26H28N2O6S.Na/c1-16-5-7-23(18(3)9-16)33-14-27-25(29)20-11-21(13-22(12-20)35(31)32)26(30)28-15-34-24-8-6-17(2)10-19(24)4;/h5-13H,14-15H2,1-4H3,(H,27,29)(H,28,30)(H,31,32);/q;+1/p-1. The second kappa shape index (κ2) is 13.6. The number of carbonyl (C=O) groups is 2. The Bertz CT molecular complexity index is 1190. The van der Waals surface area contributed by atoms with Gasteiger partial charge in [-0.1, -0.05) is 35.4 Å². The quantitative estimate of drug-likeness (QED) is 0.245. The van der Waals surface area contributed by atoms with Crippen LogP contribution in [-0.2, 0) is 11.1 Å². The Balaban J connectivity index is 0.00000456. The van der Waals surface area contributed by atoms with E-state index in [0.717, 1.165) is 22.3 Å². The van der Waals surface area contributed by atoms with Crippen LogP contribution in [-0.4, -0.2) is 34.0 Å². The van der Waals surface area contributed by atoms with E-state index in [-0.39, 0.29) is 59.0 Å². The first-order valence-electron chi connectivity index (χ1n) is 10.8. The summed E-state index contributed by atoms with van der Waals surface area (Å²) < 4.78 is 34.3. The third kappa shape index (κ3) is 8.18. The van der Waals surface area contributed by atoms with Crippen LogP contribution >= 0.6 is 0 Å². The van der Waals surface area contributed by atoms with Crippen molar-refractivity contribution in [1.82, 2.24) is 10.6 Å². The topological polar surface area (TPSA) is 117 Å². The van der Waals surface area contributed by atoms with E-state index >= 15 is 0 Å². The van der Waals surface area contributed by atoms with Gasteiger partial charge in [-0.05, 0) is 80.2 Å². The van der Waals surface area contributed by atoms with Gasteiger partial charge in [0, 0.05) is 16.0 Å². The Morgan fingerprint density at radius 3 is 1.53 bits per heavy atom. The van der Waals surface area contributed by atoms with Crippen molar-refractivity contribution in [3.05, 3.63) is 88.0 Å². The van der Waals surface area contributed by atoms with Gasteiger partial charge in [0.1, 0.15) is 11.5 Å². The summed E-state index contributed by atoms with van der Waals surface area (Å²) in [6.45, 7) is 7.47. The fourth-order valence-electron chi connectivity index (χ4n) is 3.44. The van der Waals surface area contributed by atoms with E-state index in [1.807, 2.05) is 52.0 Å². The molecule has 0 fully saturated rings. The Morgan fingerprint density at radius 2 is 1.17 bits per heavy atom. The molecule has 0 aliphatic carbocycles. The second-order valence-electron chi connectivity index (χ2n) is 8.11. The molecule has 0 spiro atoms. The third-order valence-corrected chi connectivity index (χ3v) is 5.83. The molecule has 0 aromatic heterocycles. The minimum atomic E-state index is -2.64. The van der Waals surface area contributed by atoms with E-state index in [0.29, 0.717) is 11.5 Å². The molecule has 0 aliphatic heterocycles. The average molecular weight is 519 g/mol. The minimum absolute atomic E-state index is 0. The van der Waals surface area contributed by atoms with Gasteiger partial charge in [0.15, 0.2) is 13.5 Å². The number of hydrogen-bond acceptors (Lipinski definition) is 6. The molecule has 36 heavy (non-hydrogen) atoms. The number of rotatable bonds is 9. The number of hydrogen-bond donors (Lipinski definition) is 2. The van der Waals surface area contributed by atoms with Gasteiger partial charge in [0.2, 0.25) is 0 Å². The Kier molecular flexibility index (Phi) is 11.1. The monoisotopic (exact) mass is 518 g/mol. The zero-order valence-electron chi connectivity index (χ0n) is 21.0. The maximum Gasteiger partial charge on any atom is 1.00 e. The Hall–Kier alpha value is -2.69. The largest absolute Gasteiger partial charge is 1.00 e. The van der Waals surface area contributed by atoms with Crippen molar-refractivity contribution in [3.8, 4) is 11.5 Å². The Labute approximate surface area is 235 Å². The predicted octanol–water partition coefficient (Wildman–Crippen LogP) is 0.695. The molecule has 0 radical (unpaired) electrons. The molecule has 8 nitrogen and oxygen atoms in total. The van der Waals surface area contributed by atoms with Crippen LogP contribution in [0.15, 0.2) is 59.5 Å². The summed E-state index contributed by atoms with van der Waals surface area (Å²) in [5.74, 6) is 0.0775. The van der Waals surface area contributed by atoms with Crippen LogP contribution in [0.3, 0.4) is 0 Å². The smallest absolute Gasteiger partial charge is 0.768 e. The molecular formula is C26H27N2NaO6S. The summed E-state index contributed by atoms with van der Waals surface area (Å²) in [4.78, 5) is 25.1. The van der Waals surface area contributed by atoms with Crippen LogP contribution in [0.5, 0.6) is 11.5 Å². The second-order valence-corrected chi connectivity index (χ2v) is 9.05. The van der Waals surface area contributed by atoms with Gasteiger partial charge in [-0.25, -0.2) is 0 Å². The predicted molar refractivity (Wildman–Crippen MR) is 131 cm³/mol. The molecule has 1 unspecified atom stereocenters. The van der Waals surface area contributed by atoms with E-state index in [2.05, 4.69) is 10.6 Å². The SMILES string of the molecule is Cc1ccc(OCNC(=O)c2cc(C(=O)NCOc3ccc(C)cc3C)cc(S(=O)[O-])c2)c(C)c1.[Na+]. The molecule has 2 N–H and O–H groups in total. The maximum absolute atomic E-state index is 12.6. The maximum atomic E-state index is 12.6. The molecule has 1 atom stereocenters. The zero-order chi connectivity index (χ0) is 25.5. The van der Waals surface area contributed by atoms with Gasteiger partial charge in [-0.3, -0.25) is 13.8 Å².